The maximum Gasteiger partial charge on any atom is 0.253 e. The van der Waals surface area contributed by atoms with Gasteiger partial charge in [0.2, 0.25) is 0 Å². The normalized spacial score (nSPS) is 21.4. The molecular weight excluding hydrogens is 323 g/mol. The third-order valence-corrected chi connectivity index (χ3v) is 5.22. The molecule has 20 heavy (non-hydrogen) atoms. The number of hydrogen-bond donors (Lipinski definition) is 1. The number of piperidine rings is 1. The monoisotopic (exact) mass is 340 g/mol. The highest BCUT2D eigenvalue weighted by molar-refractivity contribution is 9.10. The van der Waals surface area contributed by atoms with Crippen molar-refractivity contribution in [3.05, 3.63) is 34.1 Å². The average Bonchev–Trinajstić information content (AvgIpc) is 2.90. The van der Waals surface area contributed by atoms with Gasteiger partial charge in [0.05, 0.1) is 4.47 Å². The second kappa shape index (κ2) is 5.45. The molecule has 0 radical (unpaired) electrons. The first-order valence-electron chi connectivity index (χ1n) is 7.05. The van der Waals surface area contributed by atoms with Crippen LogP contribution in [0.2, 0.25) is 0 Å². The van der Waals surface area contributed by atoms with E-state index in [1.54, 1.807) is 12.1 Å². The summed E-state index contributed by atoms with van der Waals surface area (Å²) >= 11 is 3.13. The van der Waals surface area contributed by atoms with Gasteiger partial charge in [-0.2, -0.15) is 0 Å². The fourth-order valence-electron chi connectivity index (χ4n) is 3.22. The predicted molar refractivity (Wildman–Crippen MR) is 79.2 cm³/mol. The van der Waals surface area contributed by atoms with Gasteiger partial charge in [0, 0.05) is 25.2 Å². The summed E-state index contributed by atoms with van der Waals surface area (Å²) in [6, 6.07) is 4.47. The number of rotatable bonds is 1. The summed E-state index contributed by atoms with van der Waals surface area (Å²) in [4.78, 5) is 14.3. The molecule has 2 saturated heterocycles. The van der Waals surface area contributed by atoms with Gasteiger partial charge in [0.15, 0.2) is 0 Å². The summed E-state index contributed by atoms with van der Waals surface area (Å²) in [5.74, 6) is -0.331. The predicted octanol–water partition coefficient (Wildman–Crippen LogP) is 2.80. The van der Waals surface area contributed by atoms with Crippen LogP contribution in [0.15, 0.2) is 22.7 Å². The number of likely N-dealkylation sites (tertiary alicyclic amines) is 1. The quantitative estimate of drug-likeness (QED) is 0.852. The van der Waals surface area contributed by atoms with E-state index in [4.69, 9.17) is 0 Å². The third kappa shape index (κ3) is 2.61. The fourth-order valence-corrected chi connectivity index (χ4v) is 3.60. The molecule has 108 valence electrons. The summed E-state index contributed by atoms with van der Waals surface area (Å²) in [5, 5.41) is 3.42. The van der Waals surface area contributed by atoms with Crippen molar-refractivity contribution in [2.24, 2.45) is 5.41 Å². The van der Waals surface area contributed by atoms with Gasteiger partial charge in [0.25, 0.3) is 5.91 Å². The summed E-state index contributed by atoms with van der Waals surface area (Å²) in [7, 11) is 0. The van der Waals surface area contributed by atoms with Crippen LogP contribution in [-0.2, 0) is 0 Å². The lowest BCUT2D eigenvalue weighted by atomic mass is 9.78. The van der Waals surface area contributed by atoms with Crippen LogP contribution in [0.3, 0.4) is 0 Å². The molecule has 3 nitrogen and oxygen atoms in total. The average molecular weight is 341 g/mol. The molecule has 2 aliphatic rings. The first-order chi connectivity index (χ1) is 9.60. The summed E-state index contributed by atoms with van der Waals surface area (Å²) in [6.07, 6.45) is 3.35. The Balaban J connectivity index is 1.68. The lowest BCUT2D eigenvalue weighted by molar-refractivity contribution is 0.0607. The SMILES string of the molecule is O=C(c1ccc(F)c(Br)c1)N1CCC2(CCNC2)CC1. The molecule has 0 aliphatic carbocycles. The molecule has 0 unspecified atom stereocenters. The summed E-state index contributed by atoms with van der Waals surface area (Å²) in [6.45, 7) is 3.78. The largest absolute Gasteiger partial charge is 0.339 e. The Morgan fingerprint density at radius 3 is 2.65 bits per heavy atom. The van der Waals surface area contributed by atoms with Gasteiger partial charge >= 0.3 is 0 Å². The van der Waals surface area contributed by atoms with Crippen LogP contribution in [-0.4, -0.2) is 37.0 Å². The summed E-state index contributed by atoms with van der Waals surface area (Å²) < 4.78 is 13.6. The van der Waals surface area contributed by atoms with E-state index in [9.17, 15) is 9.18 Å². The number of amides is 1. The zero-order valence-corrected chi connectivity index (χ0v) is 12.9. The second-order valence-corrected chi connectivity index (χ2v) is 6.70. The van der Waals surface area contributed by atoms with E-state index >= 15 is 0 Å². The number of halogens is 2. The molecule has 0 bridgehead atoms. The highest BCUT2D eigenvalue weighted by Gasteiger charge is 2.38. The number of nitrogens with one attached hydrogen (secondary N) is 1. The minimum Gasteiger partial charge on any atom is -0.339 e. The zero-order valence-electron chi connectivity index (χ0n) is 11.3. The fraction of sp³-hybridized carbons (Fsp3) is 0.533. The molecular formula is C15H18BrFN2O. The van der Waals surface area contributed by atoms with Gasteiger partial charge in [-0.25, -0.2) is 4.39 Å². The molecule has 1 N–H and O–H groups in total. The van der Waals surface area contributed by atoms with E-state index in [1.807, 2.05) is 4.90 Å². The van der Waals surface area contributed by atoms with E-state index < -0.39 is 0 Å². The van der Waals surface area contributed by atoms with Crippen LogP contribution >= 0.6 is 15.9 Å². The Kier molecular flexibility index (Phi) is 3.82. The van der Waals surface area contributed by atoms with E-state index in [1.165, 1.54) is 12.5 Å². The molecule has 0 atom stereocenters. The van der Waals surface area contributed by atoms with Gasteiger partial charge in [-0.05, 0) is 65.4 Å². The number of carbonyl (C=O) groups excluding carboxylic acids is 1. The van der Waals surface area contributed by atoms with E-state index in [0.717, 1.165) is 39.0 Å². The van der Waals surface area contributed by atoms with Crippen LogP contribution < -0.4 is 5.32 Å². The van der Waals surface area contributed by atoms with Crippen molar-refractivity contribution in [3.8, 4) is 0 Å². The van der Waals surface area contributed by atoms with Crippen LogP contribution in [0.5, 0.6) is 0 Å². The molecule has 1 aromatic rings. The third-order valence-electron chi connectivity index (χ3n) is 4.61. The van der Waals surface area contributed by atoms with Crippen molar-refractivity contribution in [1.29, 1.82) is 0 Å². The number of nitrogens with zero attached hydrogens (tertiary/aromatic N) is 1. The lowest BCUT2D eigenvalue weighted by Gasteiger charge is -2.38. The van der Waals surface area contributed by atoms with Gasteiger partial charge in [-0.1, -0.05) is 0 Å². The minimum absolute atomic E-state index is 0.00602. The minimum atomic E-state index is -0.337. The van der Waals surface area contributed by atoms with Crippen LogP contribution in [0.1, 0.15) is 29.6 Å². The topological polar surface area (TPSA) is 32.3 Å². The van der Waals surface area contributed by atoms with Gasteiger partial charge in [-0.3, -0.25) is 4.79 Å². The molecule has 2 fully saturated rings. The maximum atomic E-state index is 13.2. The Morgan fingerprint density at radius 1 is 1.30 bits per heavy atom. The Hall–Kier alpha value is -0.940. The molecule has 5 heteroatoms. The molecule has 2 aliphatic heterocycles. The Labute approximate surface area is 126 Å². The van der Waals surface area contributed by atoms with Crippen LogP contribution in [0.4, 0.5) is 4.39 Å². The number of carbonyl (C=O) groups is 1. The first-order valence-corrected chi connectivity index (χ1v) is 7.84. The molecule has 2 heterocycles. The number of benzene rings is 1. The first kappa shape index (κ1) is 14.0. The Bertz CT molecular complexity index is 519. The van der Waals surface area contributed by atoms with Crippen molar-refractivity contribution in [3.63, 3.8) is 0 Å². The lowest BCUT2D eigenvalue weighted by Crippen LogP contribution is -2.44. The maximum absolute atomic E-state index is 13.2. The molecule has 0 aromatic heterocycles. The van der Waals surface area contributed by atoms with Crippen molar-refractivity contribution in [2.45, 2.75) is 19.3 Å². The van der Waals surface area contributed by atoms with Crippen LogP contribution in [0.25, 0.3) is 0 Å². The van der Waals surface area contributed by atoms with Crippen molar-refractivity contribution in [2.75, 3.05) is 26.2 Å². The van der Waals surface area contributed by atoms with Gasteiger partial charge in [0.1, 0.15) is 5.82 Å². The van der Waals surface area contributed by atoms with Gasteiger partial charge in [-0.15, -0.1) is 0 Å². The zero-order chi connectivity index (χ0) is 14.2. The van der Waals surface area contributed by atoms with Crippen molar-refractivity contribution >= 4 is 21.8 Å². The standard InChI is InChI=1S/C15H18BrFN2O/c16-12-9-11(1-2-13(12)17)14(20)19-7-4-15(5-8-19)3-6-18-10-15/h1-2,9,18H,3-8,10H2. The Morgan fingerprint density at radius 2 is 2.05 bits per heavy atom. The van der Waals surface area contributed by atoms with E-state index in [0.29, 0.717) is 15.5 Å². The highest BCUT2D eigenvalue weighted by Crippen LogP contribution is 2.37. The second-order valence-electron chi connectivity index (χ2n) is 5.85. The molecule has 1 spiro atoms. The molecule has 0 saturated carbocycles. The van der Waals surface area contributed by atoms with Gasteiger partial charge < -0.3 is 10.2 Å². The van der Waals surface area contributed by atoms with E-state index in [-0.39, 0.29) is 11.7 Å². The molecule has 1 amide bonds. The highest BCUT2D eigenvalue weighted by atomic mass is 79.9. The van der Waals surface area contributed by atoms with Crippen LogP contribution in [0, 0.1) is 11.2 Å². The van der Waals surface area contributed by atoms with Crippen molar-refractivity contribution < 1.29 is 9.18 Å². The molecule has 1 aromatic carbocycles. The number of hydrogen-bond acceptors (Lipinski definition) is 2. The smallest absolute Gasteiger partial charge is 0.253 e. The summed E-state index contributed by atoms with van der Waals surface area (Å²) in [5.41, 5.74) is 0.957. The molecule has 3 rings (SSSR count). The van der Waals surface area contributed by atoms with Crippen molar-refractivity contribution in [1.82, 2.24) is 10.2 Å². The van der Waals surface area contributed by atoms with E-state index in [2.05, 4.69) is 21.2 Å².